The molecule has 2 rings (SSSR count). The Morgan fingerprint density at radius 2 is 1.08 bits per heavy atom. The smallest absolute Gasteiger partial charge is 0.431 e. The van der Waals surface area contributed by atoms with E-state index in [1.807, 2.05) is 12.1 Å². The van der Waals surface area contributed by atoms with Gasteiger partial charge in [-0.15, -0.1) is 0 Å². The fourth-order valence-electron chi connectivity index (χ4n) is 2.11. The molecule has 0 aliphatic carbocycles. The van der Waals surface area contributed by atoms with Crippen LogP contribution >= 0.6 is 0 Å². The van der Waals surface area contributed by atoms with Gasteiger partial charge in [0, 0.05) is 6.42 Å². The third-order valence-electron chi connectivity index (χ3n) is 3.15. The van der Waals surface area contributed by atoms with Crippen LogP contribution in [0.4, 0.5) is 9.59 Å². The van der Waals surface area contributed by atoms with Crippen LogP contribution in [0.2, 0.25) is 0 Å². The molecule has 2 aromatic rings. The number of rotatable bonds is 6. The van der Waals surface area contributed by atoms with Crippen molar-refractivity contribution in [3.8, 4) is 11.5 Å². The van der Waals surface area contributed by atoms with E-state index in [1.165, 1.54) is 0 Å². The Bertz CT molecular complexity index is 611. The number of para-hydroxylation sites is 2. The first-order chi connectivity index (χ1) is 12.0. The molecule has 0 aliphatic heterocycles. The van der Waals surface area contributed by atoms with Gasteiger partial charge in [-0.25, -0.2) is 9.59 Å². The molecule has 25 heavy (non-hydrogen) atoms. The molecule has 0 saturated carbocycles. The molecule has 0 N–H and O–H groups in total. The monoisotopic (exact) mass is 344 g/mol. The van der Waals surface area contributed by atoms with Crippen molar-refractivity contribution in [3.63, 3.8) is 0 Å². The quantitative estimate of drug-likeness (QED) is 0.564. The van der Waals surface area contributed by atoms with E-state index < -0.39 is 24.5 Å². The van der Waals surface area contributed by atoms with Crippen LogP contribution in [0.1, 0.15) is 20.3 Å². The highest BCUT2D eigenvalue weighted by atomic mass is 16.7. The highest BCUT2D eigenvalue weighted by molar-refractivity contribution is 5.64. The fraction of sp³-hybridized carbons (Fsp3) is 0.263. The Balaban J connectivity index is 1.71. The molecule has 0 heterocycles. The molecule has 2 atom stereocenters. The molecular formula is C19H20O6. The fourth-order valence-corrected chi connectivity index (χ4v) is 2.11. The second-order valence-electron chi connectivity index (χ2n) is 5.42. The minimum Gasteiger partial charge on any atom is -0.431 e. The molecule has 2 aromatic carbocycles. The van der Waals surface area contributed by atoms with E-state index in [4.69, 9.17) is 18.9 Å². The summed E-state index contributed by atoms with van der Waals surface area (Å²) < 4.78 is 20.3. The van der Waals surface area contributed by atoms with E-state index in [0.29, 0.717) is 17.9 Å². The van der Waals surface area contributed by atoms with Crippen LogP contribution in [0.5, 0.6) is 11.5 Å². The number of hydrogen-bond donors (Lipinski definition) is 0. The second-order valence-corrected chi connectivity index (χ2v) is 5.42. The summed E-state index contributed by atoms with van der Waals surface area (Å²) in [5.41, 5.74) is 0. The topological polar surface area (TPSA) is 71.1 Å². The Labute approximate surface area is 146 Å². The minimum absolute atomic E-state index is 0.313. The number of hydrogen-bond acceptors (Lipinski definition) is 6. The number of benzene rings is 2. The van der Waals surface area contributed by atoms with Gasteiger partial charge < -0.3 is 18.9 Å². The van der Waals surface area contributed by atoms with Gasteiger partial charge in [0.25, 0.3) is 0 Å². The summed E-state index contributed by atoms with van der Waals surface area (Å²) in [6.45, 7) is 3.38. The molecular weight excluding hydrogens is 324 g/mol. The van der Waals surface area contributed by atoms with Gasteiger partial charge in [0.1, 0.15) is 23.7 Å². The molecule has 0 amide bonds. The Morgan fingerprint density at radius 1 is 0.720 bits per heavy atom. The van der Waals surface area contributed by atoms with Gasteiger partial charge in [0.05, 0.1) is 0 Å². The van der Waals surface area contributed by atoms with E-state index in [1.54, 1.807) is 62.4 Å². The molecule has 0 saturated heterocycles. The van der Waals surface area contributed by atoms with E-state index in [9.17, 15) is 9.59 Å². The van der Waals surface area contributed by atoms with E-state index in [2.05, 4.69) is 0 Å². The summed E-state index contributed by atoms with van der Waals surface area (Å²) >= 11 is 0. The van der Waals surface area contributed by atoms with Crippen molar-refractivity contribution in [2.45, 2.75) is 32.5 Å². The maximum absolute atomic E-state index is 11.7. The van der Waals surface area contributed by atoms with Crippen molar-refractivity contribution in [2.75, 3.05) is 0 Å². The first-order valence-corrected chi connectivity index (χ1v) is 7.90. The van der Waals surface area contributed by atoms with Crippen LogP contribution in [0.3, 0.4) is 0 Å². The maximum Gasteiger partial charge on any atom is 0.514 e. The number of ether oxygens (including phenoxy) is 4. The van der Waals surface area contributed by atoms with Crippen LogP contribution in [-0.4, -0.2) is 24.5 Å². The zero-order valence-electron chi connectivity index (χ0n) is 14.1. The van der Waals surface area contributed by atoms with Crippen molar-refractivity contribution in [1.82, 2.24) is 0 Å². The van der Waals surface area contributed by atoms with Crippen molar-refractivity contribution in [2.24, 2.45) is 0 Å². The molecule has 0 spiro atoms. The molecule has 0 bridgehead atoms. The lowest BCUT2D eigenvalue weighted by molar-refractivity contribution is 0.0212. The lowest BCUT2D eigenvalue weighted by Gasteiger charge is -2.18. The summed E-state index contributed by atoms with van der Waals surface area (Å²) in [6, 6.07) is 17.2. The normalized spacial score (nSPS) is 12.6. The molecule has 0 radical (unpaired) electrons. The molecule has 2 unspecified atom stereocenters. The third kappa shape index (κ3) is 6.95. The first kappa shape index (κ1) is 18.3. The van der Waals surface area contributed by atoms with Gasteiger partial charge in [0.15, 0.2) is 0 Å². The van der Waals surface area contributed by atoms with Crippen molar-refractivity contribution < 1.29 is 28.5 Å². The third-order valence-corrected chi connectivity index (χ3v) is 3.15. The van der Waals surface area contributed by atoms with E-state index in [-0.39, 0.29) is 0 Å². The largest absolute Gasteiger partial charge is 0.514 e. The minimum atomic E-state index is -0.808. The maximum atomic E-state index is 11.7. The molecule has 6 heteroatoms. The Morgan fingerprint density at radius 3 is 1.44 bits per heavy atom. The lowest BCUT2D eigenvalue weighted by Crippen LogP contribution is -2.25. The van der Waals surface area contributed by atoms with Crippen LogP contribution in [0, 0.1) is 0 Å². The average Bonchev–Trinajstić information content (AvgIpc) is 2.55. The molecule has 0 fully saturated rings. The average molecular weight is 344 g/mol. The number of carbonyl (C=O) groups excluding carboxylic acids is 2. The van der Waals surface area contributed by atoms with Crippen LogP contribution in [-0.2, 0) is 9.47 Å². The van der Waals surface area contributed by atoms with Gasteiger partial charge in [-0.3, -0.25) is 0 Å². The Hall–Kier alpha value is -3.02. The molecule has 0 aromatic heterocycles. The lowest BCUT2D eigenvalue weighted by atomic mass is 10.2. The summed E-state index contributed by atoms with van der Waals surface area (Å²) in [4.78, 5) is 23.4. The van der Waals surface area contributed by atoms with Crippen LogP contribution in [0.15, 0.2) is 60.7 Å². The highest BCUT2D eigenvalue weighted by Gasteiger charge is 2.18. The predicted octanol–water partition coefficient (Wildman–Crippen LogP) is 4.58. The van der Waals surface area contributed by atoms with Crippen LogP contribution in [0.25, 0.3) is 0 Å². The first-order valence-electron chi connectivity index (χ1n) is 7.90. The van der Waals surface area contributed by atoms with Gasteiger partial charge in [-0.2, -0.15) is 0 Å². The van der Waals surface area contributed by atoms with E-state index in [0.717, 1.165) is 0 Å². The zero-order valence-corrected chi connectivity index (χ0v) is 14.1. The number of carbonyl (C=O) groups is 2. The van der Waals surface area contributed by atoms with Gasteiger partial charge >= 0.3 is 12.3 Å². The summed E-state index contributed by atoms with van der Waals surface area (Å²) in [5, 5.41) is 0. The highest BCUT2D eigenvalue weighted by Crippen LogP contribution is 2.13. The zero-order chi connectivity index (χ0) is 18.1. The van der Waals surface area contributed by atoms with Crippen molar-refractivity contribution in [1.29, 1.82) is 0 Å². The van der Waals surface area contributed by atoms with Crippen molar-refractivity contribution in [3.05, 3.63) is 60.7 Å². The van der Waals surface area contributed by atoms with Crippen molar-refractivity contribution >= 4 is 12.3 Å². The second kappa shape index (κ2) is 9.32. The van der Waals surface area contributed by atoms with Gasteiger partial charge in [-0.1, -0.05) is 36.4 Å². The van der Waals surface area contributed by atoms with Gasteiger partial charge in [0.2, 0.25) is 0 Å². The Kier molecular flexibility index (Phi) is 6.83. The van der Waals surface area contributed by atoms with Crippen LogP contribution < -0.4 is 9.47 Å². The summed E-state index contributed by atoms with van der Waals surface area (Å²) in [7, 11) is 0. The van der Waals surface area contributed by atoms with E-state index >= 15 is 0 Å². The molecule has 132 valence electrons. The molecule has 0 aliphatic rings. The summed E-state index contributed by atoms with van der Waals surface area (Å²) in [5.74, 6) is 0.797. The predicted molar refractivity (Wildman–Crippen MR) is 90.6 cm³/mol. The summed E-state index contributed by atoms with van der Waals surface area (Å²) in [6.07, 6.45) is -2.28. The SMILES string of the molecule is CC(CC(C)OC(=O)Oc1ccccc1)OC(=O)Oc1ccccc1. The molecule has 6 nitrogen and oxygen atoms in total. The standard InChI is InChI=1S/C19H20O6/c1-14(22-18(20)24-16-9-5-3-6-10-16)13-15(2)23-19(21)25-17-11-7-4-8-12-17/h3-12,14-15H,13H2,1-2H3. The van der Waals surface area contributed by atoms with Gasteiger partial charge in [-0.05, 0) is 38.1 Å².